The van der Waals surface area contributed by atoms with Crippen molar-refractivity contribution in [3.8, 4) is 0 Å². The molecule has 0 unspecified atom stereocenters. The number of carbonyl (C=O) groups is 1. The van der Waals surface area contributed by atoms with Gasteiger partial charge >= 0.3 is 5.97 Å². The average molecular weight is 286 g/mol. The van der Waals surface area contributed by atoms with Crippen molar-refractivity contribution in [2.45, 2.75) is 58.3 Å². The highest BCUT2D eigenvalue weighted by molar-refractivity contribution is 5.86. The van der Waals surface area contributed by atoms with Gasteiger partial charge in [0.05, 0.1) is 5.57 Å². The molecule has 1 aromatic rings. The zero-order valence-electron chi connectivity index (χ0n) is 13.0. The lowest BCUT2D eigenvalue weighted by Gasteiger charge is -2.00. The van der Waals surface area contributed by atoms with Crippen LogP contribution in [0.4, 0.5) is 0 Å². The molecule has 0 aliphatic carbocycles. The van der Waals surface area contributed by atoms with Crippen molar-refractivity contribution in [3.63, 3.8) is 0 Å². The Balaban J connectivity index is 2.41. The monoisotopic (exact) mass is 286 g/mol. The van der Waals surface area contributed by atoms with E-state index >= 15 is 0 Å². The summed E-state index contributed by atoms with van der Waals surface area (Å²) >= 11 is 0. The van der Waals surface area contributed by atoms with Crippen molar-refractivity contribution >= 4 is 5.97 Å². The van der Waals surface area contributed by atoms with E-state index in [9.17, 15) is 9.90 Å². The summed E-state index contributed by atoms with van der Waals surface area (Å²) in [4.78, 5) is 11.2. The molecule has 1 rings (SSSR count). The summed E-state index contributed by atoms with van der Waals surface area (Å²) in [6, 6.07) is 9.67. The van der Waals surface area contributed by atoms with Gasteiger partial charge in [0.25, 0.3) is 0 Å². The van der Waals surface area contributed by atoms with Crippen molar-refractivity contribution < 1.29 is 9.90 Å². The first-order valence-electron chi connectivity index (χ1n) is 7.95. The van der Waals surface area contributed by atoms with Crippen LogP contribution < -0.4 is 0 Å². The third-order valence-corrected chi connectivity index (χ3v) is 3.46. The van der Waals surface area contributed by atoms with Gasteiger partial charge in [-0.3, -0.25) is 0 Å². The number of hydrogen-bond acceptors (Lipinski definition) is 1. The van der Waals surface area contributed by atoms with E-state index < -0.39 is 5.97 Å². The van der Waals surface area contributed by atoms with Crippen LogP contribution in [0.2, 0.25) is 0 Å². The first-order valence-corrected chi connectivity index (χ1v) is 7.95. The summed E-state index contributed by atoms with van der Waals surface area (Å²) in [5.41, 5.74) is 4.31. The molecule has 1 aromatic carbocycles. The molecule has 0 aliphatic rings. The van der Waals surface area contributed by atoms with Crippen LogP contribution in [-0.2, 0) is 11.2 Å². The highest BCUT2D eigenvalue weighted by Crippen LogP contribution is 2.09. The lowest BCUT2D eigenvalue weighted by molar-refractivity contribution is -0.132. The third kappa shape index (κ3) is 8.16. The van der Waals surface area contributed by atoms with E-state index in [0.29, 0.717) is 12.0 Å². The lowest BCUT2D eigenvalue weighted by atomic mass is 10.1. The number of benzene rings is 1. The SMILES string of the molecule is CCCCCCCCC=C=C(Cc1ccccc1)C(=O)O. The highest BCUT2D eigenvalue weighted by Gasteiger charge is 2.06. The van der Waals surface area contributed by atoms with E-state index in [-0.39, 0.29) is 0 Å². The standard InChI is InChI=1S/C19H26O2/c1-2-3-4-5-6-7-8-12-15-18(19(20)21)16-17-13-10-9-11-14-17/h9-14H,2-8,16H2,1H3,(H,20,21). The Kier molecular flexibility index (Phi) is 8.99. The van der Waals surface area contributed by atoms with Crippen molar-refractivity contribution in [2.75, 3.05) is 0 Å². The molecule has 1 N–H and O–H groups in total. The van der Waals surface area contributed by atoms with E-state index in [4.69, 9.17) is 0 Å². The van der Waals surface area contributed by atoms with E-state index in [1.807, 2.05) is 36.4 Å². The molecular formula is C19H26O2. The molecule has 0 atom stereocenters. The minimum absolute atomic E-state index is 0.340. The van der Waals surface area contributed by atoms with E-state index in [2.05, 4.69) is 12.7 Å². The quantitative estimate of drug-likeness (QED) is 0.367. The summed E-state index contributed by atoms with van der Waals surface area (Å²) in [5, 5.41) is 9.21. The number of hydrogen-bond donors (Lipinski definition) is 1. The number of carboxylic acids is 1. The van der Waals surface area contributed by atoms with Crippen LogP contribution in [0, 0.1) is 0 Å². The first kappa shape index (κ1) is 17.3. The maximum Gasteiger partial charge on any atom is 0.339 e. The summed E-state index contributed by atoms with van der Waals surface area (Å²) in [6.45, 7) is 2.22. The number of unbranched alkanes of at least 4 members (excludes halogenated alkanes) is 6. The topological polar surface area (TPSA) is 37.3 Å². The number of rotatable bonds is 10. The Labute approximate surface area is 128 Å². The average Bonchev–Trinajstić information content (AvgIpc) is 2.49. The second kappa shape index (κ2) is 10.9. The maximum atomic E-state index is 11.2. The van der Waals surface area contributed by atoms with Crippen LogP contribution in [0.15, 0.2) is 47.7 Å². The van der Waals surface area contributed by atoms with Crippen LogP contribution >= 0.6 is 0 Å². The summed E-state index contributed by atoms with van der Waals surface area (Å²) in [5.74, 6) is -0.877. The van der Waals surface area contributed by atoms with Crippen LogP contribution in [-0.4, -0.2) is 11.1 Å². The third-order valence-electron chi connectivity index (χ3n) is 3.46. The Hall–Kier alpha value is -1.79. The van der Waals surface area contributed by atoms with E-state index in [1.165, 1.54) is 32.1 Å². The van der Waals surface area contributed by atoms with E-state index in [1.54, 1.807) is 0 Å². The van der Waals surface area contributed by atoms with Crippen LogP contribution in [0.5, 0.6) is 0 Å². The normalized spacial score (nSPS) is 9.95. The van der Waals surface area contributed by atoms with Gasteiger partial charge in [-0.2, -0.15) is 0 Å². The van der Waals surface area contributed by atoms with Gasteiger partial charge in [-0.05, 0) is 24.5 Å². The highest BCUT2D eigenvalue weighted by atomic mass is 16.4. The molecule has 0 aliphatic heterocycles. The molecule has 0 radical (unpaired) electrons. The second-order valence-electron chi connectivity index (χ2n) is 5.35. The largest absolute Gasteiger partial charge is 0.477 e. The van der Waals surface area contributed by atoms with Crippen molar-refractivity contribution in [3.05, 3.63) is 53.3 Å². The Morgan fingerprint density at radius 3 is 2.43 bits per heavy atom. The van der Waals surface area contributed by atoms with Gasteiger partial charge in [0.1, 0.15) is 0 Å². The fourth-order valence-corrected chi connectivity index (χ4v) is 2.21. The molecule has 0 spiro atoms. The molecule has 0 saturated carbocycles. The van der Waals surface area contributed by atoms with Crippen LogP contribution in [0.1, 0.15) is 57.4 Å². The predicted octanol–water partition coefficient (Wildman–Crippen LogP) is 5.15. The zero-order valence-corrected chi connectivity index (χ0v) is 13.0. The van der Waals surface area contributed by atoms with Crippen molar-refractivity contribution in [1.82, 2.24) is 0 Å². The fraction of sp³-hybridized carbons (Fsp3) is 0.474. The van der Waals surface area contributed by atoms with Gasteiger partial charge in [-0.1, -0.05) is 69.4 Å². The van der Waals surface area contributed by atoms with Crippen LogP contribution in [0.25, 0.3) is 0 Å². The summed E-state index contributed by atoms with van der Waals surface area (Å²) in [6.07, 6.45) is 10.7. The second-order valence-corrected chi connectivity index (χ2v) is 5.35. The van der Waals surface area contributed by atoms with Gasteiger partial charge in [0, 0.05) is 6.42 Å². The van der Waals surface area contributed by atoms with Crippen molar-refractivity contribution in [1.29, 1.82) is 0 Å². The summed E-state index contributed by atoms with van der Waals surface area (Å²) in [7, 11) is 0. The van der Waals surface area contributed by atoms with Gasteiger partial charge in [0.2, 0.25) is 0 Å². The lowest BCUT2D eigenvalue weighted by Crippen LogP contribution is -2.02. The Morgan fingerprint density at radius 2 is 1.76 bits per heavy atom. The molecule has 0 amide bonds. The number of aliphatic carboxylic acids is 1. The molecule has 0 heterocycles. The van der Waals surface area contributed by atoms with Gasteiger partial charge in [0.15, 0.2) is 0 Å². The fourth-order valence-electron chi connectivity index (χ4n) is 2.21. The Bertz CT molecular complexity index is 468. The molecule has 2 heteroatoms. The predicted molar refractivity (Wildman–Crippen MR) is 87.4 cm³/mol. The zero-order chi connectivity index (χ0) is 15.3. The van der Waals surface area contributed by atoms with Gasteiger partial charge in [-0.15, -0.1) is 5.73 Å². The molecular weight excluding hydrogens is 260 g/mol. The first-order chi connectivity index (χ1) is 10.2. The van der Waals surface area contributed by atoms with E-state index in [0.717, 1.165) is 18.4 Å². The molecule has 2 nitrogen and oxygen atoms in total. The van der Waals surface area contributed by atoms with Crippen LogP contribution in [0.3, 0.4) is 0 Å². The minimum Gasteiger partial charge on any atom is -0.477 e. The molecule has 0 fully saturated rings. The van der Waals surface area contributed by atoms with Gasteiger partial charge < -0.3 is 5.11 Å². The Morgan fingerprint density at radius 1 is 1.10 bits per heavy atom. The van der Waals surface area contributed by atoms with Crippen molar-refractivity contribution in [2.24, 2.45) is 0 Å². The molecule has 114 valence electrons. The molecule has 0 bridgehead atoms. The maximum absolute atomic E-state index is 11.2. The molecule has 0 aromatic heterocycles. The molecule has 21 heavy (non-hydrogen) atoms. The minimum atomic E-state index is -0.877. The molecule has 0 saturated heterocycles. The smallest absolute Gasteiger partial charge is 0.339 e. The summed E-state index contributed by atoms with van der Waals surface area (Å²) < 4.78 is 0. The van der Waals surface area contributed by atoms with Gasteiger partial charge in [-0.25, -0.2) is 4.79 Å². The number of carboxylic acid groups (broad SMARTS) is 1.